The first-order valence-electron chi connectivity index (χ1n) is 4.47. The molecule has 2 atom stereocenters. The molecule has 3 heteroatoms. The molecule has 1 aromatic heterocycles. The first-order chi connectivity index (χ1) is 5.79. The van der Waals surface area contributed by atoms with Crippen LogP contribution in [0.15, 0.2) is 12.5 Å². The van der Waals surface area contributed by atoms with Crippen molar-refractivity contribution in [3.8, 4) is 0 Å². The van der Waals surface area contributed by atoms with Crippen LogP contribution in [0.2, 0.25) is 0 Å². The van der Waals surface area contributed by atoms with Gasteiger partial charge in [0.2, 0.25) is 0 Å². The van der Waals surface area contributed by atoms with Crippen LogP contribution in [0.3, 0.4) is 0 Å². The molecule has 1 N–H and O–H groups in total. The van der Waals surface area contributed by atoms with Crippen molar-refractivity contribution in [1.29, 1.82) is 0 Å². The van der Waals surface area contributed by atoms with Crippen LogP contribution in [-0.2, 0) is 0 Å². The summed E-state index contributed by atoms with van der Waals surface area (Å²) in [7, 11) is 2.18. The Morgan fingerprint density at radius 2 is 2.50 bits per heavy atom. The third kappa shape index (κ3) is 1.14. The smallest absolute Gasteiger partial charge is 0.0921 e. The van der Waals surface area contributed by atoms with Crippen LogP contribution >= 0.6 is 0 Å². The zero-order valence-corrected chi connectivity index (χ0v) is 7.62. The molecule has 0 aliphatic carbocycles. The number of hydrogen-bond donors (Lipinski definition) is 1. The highest BCUT2D eigenvalue weighted by Crippen LogP contribution is 2.30. The minimum atomic E-state index is 0.644. The third-order valence-corrected chi connectivity index (χ3v) is 2.99. The lowest BCUT2D eigenvalue weighted by molar-refractivity contribution is 0.317. The van der Waals surface area contributed by atoms with Crippen molar-refractivity contribution in [2.75, 3.05) is 13.6 Å². The molecule has 2 rings (SSSR count). The van der Waals surface area contributed by atoms with Gasteiger partial charge in [0.05, 0.1) is 6.33 Å². The zero-order valence-electron chi connectivity index (χ0n) is 7.62. The van der Waals surface area contributed by atoms with Crippen molar-refractivity contribution < 1.29 is 0 Å². The number of imidazole rings is 1. The summed E-state index contributed by atoms with van der Waals surface area (Å²) < 4.78 is 0. The summed E-state index contributed by atoms with van der Waals surface area (Å²) >= 11 is 0. The quantitative estimate of drug-likeness (QED) is 0.678. The molecule has 2 heterocycles. The van der Waals surface area contributed by atoms with Crippen LogP contribution in [0.4, 0.5) is 0 Å². The average Bonchev–Trinajstić information content (AvgIpc) is 2.64. The van der Waals surface area contributed by atoms with Crippen LogP contribution < -0.4 is 0 Å². The summed E-state index contributed by atoms with van der Waals surface area (Å²) in [6.45, 7) is 3.48. The average molecular weight is 165 g/mol. The van der Waals surface area contributed by atoms with Gasteiger partial charge in [0.15, 0.2) is 0 Å². The maximum Gasteiger partial charge on any atom is 0.0921 e. The molecule has 1 fully saturated rings. The molecular formula is C9H15N3. The van der Waals surface area contributed by atoms with E-state index in [0.29, 0.717) is 12.0 Å². The number of nitrogens with zero attached hydrogens (tertiary/aromatic N) is 2. The molecule has 3 nitrogen and oxygen atoms in total. The first kappa shape index (κ1) is 7.80. The normalized spacial score (nSPS) is 31.2. The second-order valence-corrected chi connectivity index (χ2v) is 3.62. The predicted molar refractivity (Wildman–Crippen MR) is 48.0 cm³/mol. The number of H-pyrrole nitrogens is 1. The Bertz CT molecular complexity index is 242. The lowest BCUT2D eigenvalue weighted by Crippen LogP contribution is -2.24. The van der Waals surface area contributed by atoms with Gasteiger partial charge in [-0.05, 0) is 26.9 Å². The predicted octanol–water partition coefficient (Wildman–Crippen LogP) is 1.22. The molecule has 1 aliphatic rings. The summed E-state index contributed by atoms with van der Waals surface area (Å²) in [5.41, 5.74) is 1.28. The van der Waals surface area contributed by atoms with Crippen molar-refractivity contribution >= 4 is 0 Å². The largest absolute Gasteiger partial charge is 0.348 e. The molecule has 1 saturated heterocycles. The summed E-state index contributed by atoms with van der Waals surface area (Å²) in [4.78, 5) is 9.64. The fourth-order valence-corrected chi connectivity index (χ4v) is 1.98. The Kier molecular flexibility index (Phi) is 1.89. The van der Waals surface area contributed by atoms with E-state index in [9.17, 15) is 0 Å². The summed E-state index contributed by atoms with van der Waals surface area (Å²) in [5.74, 6) is 0.650. The second kappa shape index (κ2) is 2.90. The number of likely N-dealkylation sites (N-methyl/N-ethyl adjacent to an activating group) is 1. The van der Waals surface area contributed by atoms with Crippen molar-refractivity contribution in [2.45, 2.75) is 25.3 Å². The van der Waals surface area contributed by atoms with Crippen LogP contribution in [0.5, 0.6) is 0 Å². The highest BCUT2D eigenvalue weighted by atomic mass is 15.2. The lowest BCUT2D eigenvalue weighted by Gasteiger charge is -2.18. The summed E-state index contributed by atoms with van der Waals surface area (Å²) in [6.07, 6.45) is 4.96. The fourth-order valence-electron chi connectivity index (χ4n) is 1.98. The molecule has 1 aliphatic heterocycles. The highest BCUT2D eigenvalue weighted by Gasteiger charge is 2.29. The third-order valence-electron chi connectivity index (χ3n) is 2.99. The topological polar surface area (TPSA) is 31.9 Å². The maximum atomic E-state index is 4.05. The van der Waals surface area contributed by atoms with Crippen molar-refractivity contribution in [3.63, 3.8) is 0 Å². The number of nitrogens with one attached hydrogen (secondary N) is 1. The van der Waals surface area contributed by atoms with E-state index in [-0.39, 0.29) is 0 Å². The standard InChI is InChI=1S/C9H15N3/c1-7-8(3-4-12(7)2)9-5-10-6-11-9/h5-8H,3-4H2,1-2H3,(H,10,11). The van der Waals surface area contributed by atoms with Gasteiger partial charge in [-0.25, -0.2) is 4.98 Å². The number of aromatic nitrogens is 2. The van der Waals surface area contributed by atoms with Crippen molar-refractivity contribution in [3.05, 3.63) is 18.2 Å². The van der Waals surface area contributed by atoms with Crippen LogP contribution in [-0.4, -0.2) is 34.5 Å². The van der Waals surface area contributed by atoms with E-state index in [0.717, 1.165) is 0 Å². The minimum Gasteiger partial charge on any atom is -0.348 e. The van der Waals surface area contributed by atoms with Crippen molar-refractivity contribution in [1.82, 2.24) is 14.9 Å². The molecule has 0 amide bonds. The molecule has 1 aromatic rings. The Hall–Kier alpha value is -0.830. The highest BCUT2D eigenvalue weighted by molar-refractivity contribution is 5.09. The van der Waals surface area contributed by atoms with Gasteiger partial charge in [0.25, 0.3) is 0 Å². The van der Waals surface area contributed by atoms with E-state index < -0.39 is 0 Å². The number of aromatic amines is 1. The first-order valence-corrected chi connectivity index (χ1v) is 4.47. The van der Waals surface area contributed by atoms with E-state index >= 15 is 0 Å². The maximum absolute atomic E-state index is 4.05. The minimum absolute atomic E-state index is 0.644. The molecule has 0 aromatic carbocycles. The Morgan fingerprint density at radius 1 is 1.67 bits per heavy atom. The molecule has 0 saturated carbocycles. The zero-order chi connectivity index (χ0) is 8.55. The number of rotatable bonds is 1. The molecular weight excluding hydrogens is 150 g/mol. The van der Waals surface area contributed by atoms with Gasteiger partial charge in [0, 0.05) is 23.9 Å². The van der Waals surface area contributed by atoms with Gasteiger partial charge in [-0.3, -0.25) is 0 Å². The van der Waals surface area contributed by atoms with Crippen LogP contribution in [0.1, 0.15) is 25.0 Å². The second-order valence-electron chi connectivity index (χ2n) is 3.62. The van der Waals surface area contributed by atoms with Crippen molar-refractivity contribution in [2.24, 2.45) is 0 Å². The lowest BCUT2D eigenvalue weighted by atomic mass is 9.99. The molecule has 2 unspecified atom stereocenters. The Morgan fingerprint density at radius 3 is 3.00 bits per heavy atom. The monoisotopic (exact) mass is 165 g/mol. The Labute approximate surface area is 72.8 Å². The fraction of sp³-hybridized carbons (Fsp3) is 0.667. The molecule has 66 valence electrons. The van der Waals surface area contributed by atoms with Gasteiger partial charge < -0.3 is 9.88 Å². The van der Waals surface area contributed by atoms with E-state index in [1.54, 1.807) is 6.33 Å². The van der Waals surface area contributed by atoms with Gasteiger partial charge in [-0.1, -0.05) is 0 Å². The van der Waals surface area contributed by atoms with Crippen LogP contribution in [0, 0.1) is 0 Å². The molecule has 0 bridgehead atoms. The van der Waals surface area contributed by atoms with E-state index in [1.807, 2.05) is 6.20 Å². The summed E-state index contributed by atoms with van der Waals surface area (Å²) in [6, 6.07) is 0.644. The molecule has 0 spiro atoms. The Balaban J connectivity index is 2.16. The van der Waals surface area contributed by atoms with Crippen LogP contribution in [0.25, 0.3) is 0 Å². The number of likely N-dealkylation sites (tertiary alicyclic amines) is 1. The van der Waals surface area contributed by atoms with Gasteiger partial charge in [-0.15, -0.1) is 0 Å². The van der Waals surface area contributed by atoms with E-state index in [4.69, 9.17) is 0 Å². The van der Waals surface area contributed by atoms with Gasteiger partial charge >= 0.3 is 0 Å². The van der Waals surface area contributed by atoms with Gasteiger partial charge in [0.1, 0.15) is 0 Å². The molecule has 0 radical (unpaired) electrons. The van der Waals surface area contributed by atoms with E-state index in [2.05, 4.69) is 28.8 Å². The van der Waals surface area contributed by atoms with Gasteiger partial charge in [-0.2, -0.15) is 0 Å². The SMILES string of the molecule is CC1C(c2cnc[nH]2)CCN1C. The molecule has 12 heavy (non-hydrogen) atoms. The summed E-state index contributed by atoms with van der Waals surface area (Å²) in [5, 5.41) is 0. The van der Waals surface area contributed by atoms with E-state index in [1.165, 1.54) is 18.7 Å². The number of hydrogen-bond acceptors (Lipinski definition) is 2.